The van der Waals surface area contributed by atoms with Crippen LogP contribution in [0.3, 0.4) is 0 Å². The number of para-hydroxylation sites is 1. The summed E-state index contributed by atoms with van der Waals surface area (Å²) in [6.07, 6.45) is 0. The molecule has 0 atom stereocenters. The summed E-state index contributed by atoms with van der Waals surface area (Å²) >= 11 is 3.48. The molecule has 0 saturated heterocycles. The van der Waals surface area contributed by atoms with Crippen LogP contribution in [0.1, 0.15) is 11.1 Å². The Bertz CT molecular complexity index is 2090. The molecule has 0 radical (unpaired) electrons. The highest BCUT2D eigenvalue weighted by Crippen LogP contribution is 2.39. The lowest BCUT2D eigenvalue weighted by atomic mass is 9.94. The van der Waals surface area contributed by atoms with E-state index in [-0.39, 0.29) is 0 Å². The first-order valence-corrected chi connectivity index (χ1v) is 13.7. The van der Waals surface area contributed by atoms with E-state index >= 15 is 0 Å². The first-order chi connectivity index (χ1) is 18.7. The van der Waals surface area contributed by atoms with Crippen LogP contribution in [0, 0.1) is 22.7 Å². The SMILES string of the molecule is N#Cc1ccc(-c2cc(-c3ccc4c(c3)sc3ccccc34)cc(-c3nc4ccccc4s3)c2)cc1C#N. The molecule has 3 nitrogen and oxygen atoms in total. The van der Waals surface area contributed by atoms with E-state index in [0.29, 0.717) is 11.1 Å². The van der Waals surface area contributed by atoms with Gasteiger partial charge >= 0.3 is 0 Å². The van der Waals surface area contributed by atoms with E-state index < -0.39 is 0 Å². The molecule has 5 heteroatoms. The maximum Gasteiger partial charge on any atom is 0.124 e. The fraction of sp³-hybridized carbons (Fsp3) is 0. The third-order valence-electron chi connectivity index (χ3n) is 6.78. The Balaban J connectivity index is 1.44. The Labute approximate surface area is 227 Å². The van der Waals surface area contributed by atoms with Gasteiger partial charge in [0.15, 0.2) is 0 Å². The topological polar surface area (TPSA) is 60.5 Å². The van der Waals surface area contributed by atoms with Crippen LogP contribution in [0.5, 0.6) is 0 Å². The van der Waals surface area contributed by atoms with Gasteiger partial charge in [0.2, 0.25) is 0 Å². The number of hydrogen-bond acceptors (Lipinski definition) is 5. The van der Waals surface area contributed by atoms with Crippen LogP contribution < -0.4 is 0 Å². The van der Waals surface area contributed by atoms with Crippen molar-refractivity contribution in [3.63, 3.8) is 0 Å². The average molecular weight is 520 g/mol. The van der Waals surface area contributed by atoms with Gasteiger partial charge in [-0.3, -0.25) is 0 Å². The Hall–Kier alpha value is -4.81. The molecule has 0 aliphatic carbocycles. The number of nitriles is 2. The molecule has 38 heavy (non-hydrogen) atoms. The lowest BCUT2D eigenvalue weighted by molar-refractivity contribution is 1.43. The first-order valence-electron chi connectivity index (χ1n) is 12.1. The number of benzene rings is 5. The van der Waals surface area contributed by atoms with Crippen LogP contribution in [-0.4, -0.2) is 4.98 Å². The minimum absolute atomic E-state index is 0.378. The van der Waals surface area contributed by atoms with E-state index in [4.69, 9.17) is 4.98 Å². The maximum absolute atomic E-state index is 9.62. The highest BCUT2D eigenvalue weighted by molar-refractivity contribution is 7.25. The van der Waals surface area contributed by atoms with Gasteiger partial charge in [0, 0.05) is 25.7 Å². The summed E-state index contributed by atoms with van der Waals surface area (Å²) < 4.78 is 3.68. The van der Waals surface area contributed by atoms with E-state index in [1.54, 1.807) is 34.8 Å². The lowest BCUT2D eigenvalue weighted by Gasteiger charge is -2.11. The second kappa shape index (κ2) is 8.94. The molecule has 0 aliphatic rings. The largest absolute Gasteiger partial charge is 0.236 e. The molecule has 7 rings (SSSR count). The second-order valence-electron chi connectivity index (χ2n) is 9.08. The average Bonchev–Trinajstić information content (AvgIpc) is 3.58. The van der Waals surface area contributed by atoms with E-state index in [1.807, 2.05) is 24.3 Å². The molecule has 176 valence electrons. The smallest absolute Gasteiger partial charge is 0.124 e. The summed E-state index contributed by atoms with van der Waals surface area (Å²) in [6.45, 7) is 0. The van der Waals surface area contributed by atoms with Crippen LogP contribution in [0.4, 0.5) is 0 Å². The zero-order chi connectivity index (χ0) is 25.6. The zero-order valence-electron chi connectivity index (χ0n) is 20.0. The predicted molar refractivity (Wildman–Crippen MR) is 158 cm³/mol. The minimum Gasteiger partial charge on any atom is -0.236 e. The normalized spacial score (nSPS) is 11.1. The summed E-state index contributed by atoms with van der Waals surface area (Å²) in [6, 6.07) is 39.6. The van der Waals surface area contributed by atoms with Crippen molar-refractivity contribution in [2.45, 2.75) is 0 Å². The first kappa shape index (κ1) is 22.4. The Morgan fingerprint density at radius 2 is 1.16 bits per heavy atom. The molecule has 0 N–H and O–H groups in total. The van der Waals surface area contributed by atoms with Crippen molar-refractivity contribution in [3.05, 3.63) is 114 Å². The van der Waals surface area contributed by atoms with Gasteiger partial charge in [0.1, 0.15) is 17.1 Å². The molecule has 0 fully saturated rings. The minimum atomic E-state index is 0.378. The second-order valence-corrected chi connectivity index (χ2v) is 11.2. The Morgan fingerprint density at radius 1 is 0.500 bits per heavy atom. The summed E-state index contributed by atoms with van der Waals surface area (Å²) in [7, 11) is 0. The number of nitrogens with zero attached hydrogens (tertiary/aromatic N) is 3. The molecule has 5 aromatic carbocycles. The molecular formula is C33H17N3S2. The van der Waals surface area contributed by atoms with Gasteiger partial charge in [-0.2, -0.15) is 10.5 Å². The predicted octanol–water partition coefficient (Wildman–Crippen LogP) is 9.41. The zero-order valence-corrected chi connectivity index (χ0v) is 21.6. The van der Waals surface area contributed by atoms with Gasteiger partial charge in [0.05, 0.1) is 21.3 Å². The van der Waals surface area contributed by atoms with Gasteiger partial charge in [0.25, 0.3) is 0 Å². The van der Waals surface area contributed by atoms with Crippen LogP contribution in [0.25, 0.3) is 63.2 Å². The van der Waals surface area contributed by atoms with Crippen molar-refractivity contribution >= 4 is 53.1 Å². The third kappa shape index (κ3) is 3.74. The maximum atomic E-state index is 9.62. The summed E-state index contributed by atoms with van der Waals surface area (Å²) in [5.41, 5.74) is 6.86. The van der Waals surface area contributed by atoms with Gasteiger partial charge in [-0.1, -0.05) is 48.5 Å². The van der Waals surface area contributed by atoms with Crippen molar-refractivity contribution in [1.82, 2.24) is 4.98 Å². The van der Waals surface area contributed by atoms with E-state index in [1.165, 1.54) is 20.2 Å². The molecule has 0 unspecified atom stereocenters. The molecule has 0 saturated carbocycles. The van der Waals surface area contributed by atoms with E-state index in [9.17, 15) is 10.5 Å². The van der Waals surface area contributed by atoms with Crippen molar-refractivity contribution in [2.24, 2.45) is 0 Å². The summed E-state index contributed by atoms with van der Waals surface area (Å²) in [5, 5.41) is 22.5. The molecule has 0 bridgehead atoms. The molecule has 2 aromatic heterocycles. The van der Waals surface area contributed by atoms with Gasteiger partial charge in [-0.25, -0.2) is 4.98 Å². The highest BCUT2D eigenvalue weighted by Gasteiger charge is 2.14. The van der Waals surface area contributed by atoms with Crippen LogP contribution in [0.15, 0.2) is 103 Å². The number of thiophene rings is 1. The lowest BCUT2D eigenvalue weighted by Crippen LogP contribution is -1.89. The number of rotatable bonds is 3. The fourth-order valence-electron chi connectivity index (χ4n) is 4.90. The molecule has 0 amide bonds. The van der Waals surface area contributed by atoms with Gasteiger partial charge in [-0.05, 0) is 76.9 Å². The van der Waals surface area contributed by atoms with E-state index in [0.717, 1.165) is 43.0 Å². The molecular weight excluding hydrogens is 503 g/mol. The Morgan fingerprint density at radius 3 is 1.95 bits per heavy atom. The molecule has 7 aromatic rings. The van der Waals surface area contributed by atoms with Crippen molar-refractivity contribution < 1.29 is 0 Å². The highest BCUT2D eigenvalue weighted by atomic mass is 32.1. The molecule has 0 aliphatic heterocycles. The summed E-state index contributed by atoms with van der Waals surface area (Å²) in [4.78, 5) is 4.92. The monoisotopic (exact) mass is 519 g/mol. The standard InChI is InChI=1S/C33H17N3S2/c34-18-22-10-9-20(13-26(22)19-35)23-14-24(16-25(15-23)33-36-29-6-2-4-8-31(29)38-33)21-11-12-28-27-5-1-3-7-30(27)37-32(28)17-21/h1-17H. The van der Waals surface area contributed by atoms with Crippen molar-refractivity contribution in [1.29, 1.82) is 10.5 Å². The van der Waals surface area contributed by atoms with E-state index in [2.05, 4.69) is 78.9 Å². The van der Waals surface area contributed by atoms with Crippen molar-refractivity contribution in [2.75, 3.05) is 0 Å². The number of hydrogen-bond donors (Lipinski definition) is 0. The molecule has 2 heterocycles. The quantitative estimate of drug-likeness (QED) is 0.234. The molecule has 0 spiro atoms. The van der Waals surface area contributed by atoms with Crippen LogP contribution in [0.2, 0.25) is 0 Å². The number of fused-ring (bicyclic) bond motifs is 4. The van der Waals surface area contributed by atoms with Gasteiger partial charge < -0.3 is 0 Å². The summed E-state index contributed by atoms with van der Waals surface area (Å²) in [5.74, 6) is 0. The van der Waals surface area contributed by atoms with Crippen LogP contribution in [-0.2, 0) is 0 Å². The number of aromatic nitrogens is 1. The van der Waals surface area contributed by atoms with Gasteiger partial charge in [-0.15, -0.1) is 22.7 Å². The van der Waals surface area contributed by atoms with Crippen LogP contribution >= 0.6 is 22.7 Å². The Kier molecular flexibility index (Phi) is 5.27. The number of thiazole rings is 1. The third-order valence-corrected chi connectivity index (χ3v) is 9.00. The fourth-order valence-corrected chi connectivity index (χ4v) is 7.00. The van der Waals surface area contributed by atoms with Crippen molar-refractivity contribution in [3.8, 4) is 45.0 Å².